The Balaban J connectivity index is -0.0000000417. The van der Waals surface area contributed by atoms with Gasteiger partial charge in [0.05, 0.1) is 11.9 Å². The third kappa shape index (κ3) is 17.7. The van der Waals surface area contributed by atoms with Crippen LogP contribution in [0.5, 0.6) is 0 Å². The Hall–Kier alpha value is 0.576. The molecule has 0 spiro atoms. The summed E-state index contributed by atoms with van der Waals surface area (Å²) in [5, 5.41) is 17.9. The van der Waals surface area contributed by atoms with Crippen LogP contribution in [0.1, 0.15) is 0 Å². The molecule has 0 aromatic carbocycles. The van der Waals surface area contributed by atoms with Crippen LogP contribution in [0.2, 0.25) is 0 Å². The second kappa shape index (κ2) is 11.4. The maximum atomic E-state index is 8.93. The second-order valence-electron chi connectivity index (χ2n) is 0.575. The molecule has 0 unspecified atom stereocenters. The average molecular weight is 207 g/mol. The van der Waals surface area contributed by atoms with Crippen molar-refractivity contribution < 1.29 is 53.9 Å². The zero-order valence-corrected chi connectivity index (χ0v) is 6.55. The Kier molecular flexibility index (Phi) is 28.6. The van der Waals surface area contributed by atoms with E-state index in [0.29, 0.717) is 0 Å². The number of aliphatic carboxylic acids is 2. The third-order valence-electron chi connectivity index (χ3n) is 0.167. The molecule has 0 aliphatic carbocycles. The predicted molar refractivity (Wildman–Crippen MR) is 15.8 cm³/mol. The minimum atomic E-state index is -2.19. The first-order valence-corrected chi connectivity index (χ1v) is 1.07. The summed E-state index contributed by atoms with van der Waals surface area (Å²) < 4.78 is 0. The monoisotopic (exact) mass is 207 g/mol. The van der Waals surface area contributed by atoms with E-state index in [0.717, 1.165) is 0 Å². The molecular weight excluding hydrogens is 207 g/mol. The molecule has 49 valence electrons. The van der Waals surface area contributed by atoms with Crippen molar-refractivity contribution in [2.45, 2.75) is 0 Å². The molecule has 0 saturated heterocycles. The summed E-state index contributed by atoms with van der Waals surface area (Å²) in [6, 6.07) is 0. The van der Waals surface area contributed by atoms with Crippen molar-refractivity contribution in [1.29, 1.82) is 0 Å². The van der Waals surface area contributed by atoms with Gasteiger partial charge >= 0.3 is 17.1 Å². The quantitative estimate of drug-likeness (QED) is 0.300. The zero-order chi connectivity index (χ0) is 5.15. The molecule has 4 nitrogen and oxygen atoms in total. The van der Waals surface area contributed by atoms with Crippen LogP contribution in [-0.4, -0.2) is 30.8 Å². The van der Waals surface area contributed by atoms with Gasteiger partial charge in [0.1, 0.15) is 0 Å². The van der Waals surface area contributed by atoms with E-state index in [1.165, 1.54) is 0 Å². The van der Waals surface area contributed by atoms with E-state index in [1.54, 1.807) is 0 Å². The maximum absolute atomic E-state index is 8.93. The first-order valence-electron chi connectivity index (χ1n) is 1.07. The van der Waals surface area contributed by atoms with Crippen LogP contribution in [0.25, 0.3) is 0 Å². The number of carboxylic acids is 2. The van der Waals surface area contributed by atoms with E-state index in [9.17, 15) is 0 Å². The van der Waals surface area contributed by atoms with E-state index in [1.807, 2.05) is 0 Å². The van der Waals surface area contributed by atoms with Gasteiger partial charge in [0.25, 0.3) is 0 Å². The Morgan fingerprint density at radius 2 is 1.11 bits per heavy atom. The predicted octanol–water partition coefficient (Wildman–Crippen LogP) is -3.90. The molecule has 0 aromatic rings. The van der Waals surface area contributed by atoms with E-state index < -0.39 is 11.9 Å². The molecule has 7 heteroatoms. The van der Waals surface area contributed by atoms with Gasteiger partial charge in [-0.1, -0.05) is 0 Å². The van der Waals surface area contributed by atoms with Gasteiger partial charge in [0, 0.05) is 35.9 Å². The SMILES string of the molecule is O=C([O-])C(=O)[O-].[Fe+2].[Fe].[Li]. The van der Waals surface area contributed by atoms with Gasteiger partial charge in [-0.25, -0.2) is 0 Å². The zero-order valence-electron chi connectivity index (χ0n) is 4.34. The van der Waals surface area contributed by atoms with Crippen molar-refractivity contribution in [3.8, 4) is 0 Å². The number of carboxylic acid groups (broad SMARTS) is 2. The normalized spacial score (nSPS) is 4.89. The summed E-state index contributed by atoms with van der Waals surface area (Å²) in [7, 11) is 0. The van der Waals surface area contributed by atoms with Gasteiger partial charge in [-0.05, 0) is 0 Å². The molecule has 0 saturated carbocycles. The van der Waals surface area contributed by atoms with Crippen LogP contribution in [0, 0.1) is 0 Å². The molecule has 0 bridgehead atoms. The van der Waals surface area contributed by atoms with Gasteiger partial charge in [0.15, 0.2) is 0 Å². The van der Waals surface area contributed by atoms with Gasteiger partial charge in [-0.15, -0.1) is 0 Å². The smallest absolute Gasteiger partial charge is 0.543 e. The molecule has 0 N–H and O–H groups in total. The van der Waals surface area contributed by atoms with Gasteiger partial charge in [-0.2, -0.15) is 0 Å². The van der Waals surface area contributed by atoms with Crippen LogP contribution in [0.3, 0.4) is 0 Å². The minimum absolute atomic E-state index is 0. The number of hydrogen-bond donors (Lipinski definition) is 0. The van der Waals surface area contributed by atoms with Crippen LogP contribution >= 0.6 is 0 Å². The molecule has 1 radical (unpaired) electrons. The Morgan fingerprint density at radius 1 is 1.00 bits per heavy atom. The summed E-state index contributed by atoms with van der Waals surface area (Å²) in [6.45, 7) is 0. The maximum Gasteiger partial charge on any atom is 2.00 e. The van der Waals surface area contributed by atoms with Crippen molar-refractivity contribution in [2.75, 3.05) is 0 Å². The molecule has 0 atom stereocenters. The largest absolute Gasteiger partial charge is 2.00 e. The first kappa shape index (κ1) is 22.7. The molecule has 0 aromatic heterocycles. The van der Waals surface area contributed by atoms with E-state index >= 15 is 0 Å². The molecular formula is C2Fe2LiO4. The third-order valence-corrected chi connectivity index (χ3v) is 0.167. The summed E-state index contributed by atoms with van der Waals surface area (Å²) in [6.07, 6.45) is 0. The second-order valence-corrected chi connectivity index (χ2v) is 0.575. The fraction of sp³-hybridized carbons (Fsp3) is 0. The molecule has 0 amide bonds. The summed E-state index contributed by atoms with van der Waals surface area (Å²) in [4.78, 5) is 17.9. The molecule has 0 heterocycles. The van der Waals surface area contributed by atoms with Crippen molar-refractivity contribution >= 4 is 30.8 Å². The Bertz CT molecular complexity index is 82.6. The number of carbonyl (C=O) groups is 2. The molecule has 0 aliphatic heterocycles. The summed E-state index contributed by atoms with van der Waals surface area (Å²) in [5.74, 6) is -4.37. The van der Waals surface area contributed by atoms with Crippen molar-refractivity contribution in [3.05, 3.63) is 0 Å². The van der Waals surface area contributed by atoms with Gasteiger partial charge < -0.3 is 19.8 Å². The molecule has 0 fully saturated rings. The fourth-order valence-corrected chi connectivity index (χ4v) is 0. The Labute approximate surface area is 84.5 Å². The van der Waals surface area contributed by atoms with Gasteiger partial charge in [0.2, 0.25) is 0 Å². The Morgan fingerprint density at radius 3 is 1.11 bits per heavy atom. The summed E-state index contributed by atoms with van der Waals surface area (Å²) in [5.41, 5.74) is 0. The van der Waals surface area contributed by atoms with E-state index in [2.05, 4.69) is 0 Å². The van der Waals surface area contributed by atoms with E-state index in [-0.39, 0.29) is 53.0 Å². The van der Waals surface area contributed by atoms with Crippen molar-refractivity contribution in [2.24, 2.45) is 0 Å². The van der Waals surface area contributed by atoms with E-state index in [4.69, 9.17) is 19.8 Å². The van der Waals surface area contributed by atoms with Crippen LogP contribution in [-0.2, 0) is 43.7 Å². The molecule has 0 rings (SSSR count). The fourth-order valence-electron chi connectivity index (χ4n) is 0. The number of hydrogen-bond acceptors (Lipinski definition) is 4. The van der Waals surface area contributed by atoms with Crippen molar-refractivity contribution in [1.82, 2.24) is 0 Å². The molecule has 9 heavy (non-hydrogen) atoms. The van der Waals surface area contributed by atoms with Gasteiger partial charge in [-0.3, -0.25) is 0 Å². The minimum Gasteiger partial charge on any atom is -0.543 e. The standard InChI is InChI=1S/C2H2O4.2Fe.Li/c3-1(4)2(5)6;;;/h(H,3,4)(H,5,6);;;/q;;+2;/p-2. The number of carbonyl (C=O) groups excluding carboxylic acids is 2. The van der Waals surface area contributed by atoms with Crippen LogP contribution in [0.15, 0.2) is 0 Å². The topological polar surface area (TPSA) is 80.3 Å². The average Bonchev–Trinajstić information content (AvgIpc) is 1.36. The first-order chi connectivity index (χ1) is 2.64. The number of rotatable bonds is 0. The summed E-state index contributed by atoms with van der Waals surface area (Å²) >= 11 is 0. The molecule has 0 aliphatic rings. The van der Waals surface area contributed by atoms with Crippen LogP contribution < -0.4 is 10.2 Å². The van der Waals surface area contributed by atoms with Crippen LogP contribution in [0.4, 0.5) is 0 Å². The van der Waals surface area contributed by atoms with Crippen molar-refractivity contribution in [3.63, 3.8) is 0 Å².